The van der Waals surface area contributed by atoms with Crippen molar-refractivity contribution < 1.29 is 4.74 Å². The summed E-state index contributed by atoms with van der Waals surface area (Å²) in [6.07, 6.45) is 5.57. The third kappa shape index (κ3) is 5.06. The van der Waals surface area contributed by atoms with Crippen LogP contribution in [0.15, 0.2) is 30.5 Å². The number of piperidine rings is 1. The Bertz CT molecular complexity index is 682. The second-order valence-corrected chi connectivity index (χ2v) is 7.20. The zero-order chi connectivity index (χ0) is 17.6. The van der Waals surface area contributed by atoms with Gasteiger partial charge in [0.05, 0.1) is 0 Å². The molecule has 0 saturated carbocycles. The summed E-state index contributed by atoms with van der Waals surface area (Å²) in [5.74, 6) is 1.98. The van der Waals surface area contributed by atoms with Crippen molar-refractivity contribution >= 4 is 16.6 Å². The van der Waals surface area contributed by atoms with Gasteiger partial charge < -0.3 is 19.9 Å². The minimum absolute atomic E-state index is 0.328. The molecule has 1 N–H and O–H groups in total. The summed E-state index contributed by atoms with van der Waals surface area (Å²) < 4.78 is 6.18. The number of nitrogens with zero attached hydrogens (tertiary/aromatic N) is 3. The Hall–Kier alpha value is -1.85. The maximum atomic E-state index is 6.18. The van der Waals surface area contributed by atoms with Gasteiger partial charge in [-0.1, -0.05) is 0 Å². The lowest BCUT2D eigenvalue weighted by Crippen LogP contribution is -2.34. The Labute approximate surface area is 151 Å². The van der Waals surface area contributed by atoms with Crippen LogP contribution in [-0.2, 0) is 0 Å². The maximum absolute atomic E-state index is 6.18. The zero-order valence-corrected chi connectivity index (χ0v) is 15.7. The van der Waals surface area contributed by atoms with Crippen LogP contribution < -0.4 is 15.0 Å². The maximum Gasteiger partial charge on any atom is 0.128 e. The predicted molar refractivity (Wildman–Crippen MR) is 105 cm³/mol. The molecule has 0 radical (unpaired) electrons. The van der Waals surface area contributed by atoms with Gasteiger partial charge in [0.1, 0.15) is 17.7 Å². The summed E-state index contributed by atoms with van der Waals surface area (Å²) in [6.45, 7) is 4.18. The highest BCUT2D eigenvalue weighted by Gasteiger charge is 2.14. The van der Waals surface area contributed by atoms with Gasteiger partial charge in [-0.25, -0.2) is 4.98 Å². The van der Waals surface area contributed by atoms with Crippen LogP contribution >= 0.6 is 0 Å². The van der Waals surface area contributed by atoms with Gasteiger partial charge in [0.25, 0.3) is 0 Å². The van der Waals surface area contributed by atoms with E-state index in [1.165, 1.54) is 5.39 Å². The first-order valence-corrected chi connectivity index (χ1v) is 9.25. The Morgan fingerprint density at radius 3 is 2.64 bits per heavy atom. The van der Waals surface area contributed by atoms with E-state index in [0.717, 1.165) is 62.4 Å². The molecule has 1 aromatic heterocycles. The molecule has 3 rings (SSSR count). The molecule has 0 bridgehead atoms. The fourth-order valence-electron chi connectivity index (χ4n) is 3.23. The molecule has 0 aliphatic carbocycles. The van der Waals surface area contributed by atoms with Crippen LogP contribution in [0.2, 0.25) is 0 Å². The van der Waals surface area contributed by atoms with E-state index in [-0.39, 0.29) is 0 Å². The lowest BCUT2D eigenvalue weighted by atomic mass is 10.1. The molecule has 1 aliphatic rings. The Kier molecular flexibility index (Phi) is 6.10. The van der Waals surface area contributed by atoms with Gasteiger partial charge in [-0.3, -0.25) is 0 Å². The number of fused-ring (bicyclic) bond motifs is 1. The van der Waals surface area contributed by atoms with Gasteiger partial charge in [-0.05, 0) is 82.6 Å². The summed E-state index contributed by atoms with van der Waals surface area (Å²) in [7, 11) is 6.33. The highest BCUT2D eigenvalue weighted by Crippen LogP contribution is 2.25. The van der Waals surface area contributed by atoms with Crippen molar-refractivity contribution in [1.29, 1.82) is 0 Å². The molecule has 0 atom stereocenters. The Morgan fingerprint density at radius 1 is 1.08 bits per heavy atom. The second kappa shape index (κ2) is 8.50. The van der Waals surface area contributed by atoms with E-state index in [1.54, 1.807) is 0 Å². The van der Waals surface area contributed by atoms with Crippen molar-refractivity contribution in [2.24, 2.45) is 0 Å². The SMILES string of the molecule is CN(C)CCCN(C)c1cc2cc(OC3CCNCC3)ccc2cn1. The van der Waals surface area contributed by atoms with Crippen molar-refractivity contribution in [2.45, 2.75) is 25.4 Å². The van der Waals surface area contributed by atoms with Crippen molar-refractivity contribution in [2.75, 3.05) is 52.2 Å². The number of benzene rings is 1. The number of pyridine rings is 1. The van der Waals surface area contributed by atoms with Crippen molar-refractivity contribution in [3.05, 3.63) is 30.5 Å². The fraction of sp³-hybridized carbons (Fsp3) is 0.550. The van der Waals surface area contributed by atoms with Gasteiger partial charge in [0.2, 0.25) is 0 Å². The first kappa shape index (κ1) is 18.0. The molecule has 2 aromatic rings. The summed E-state index contributed by atoms with van der Waals surface area (Å²) in [4.78, 5) is 9.05. The number of nitrogens with one attached hydrogen (secondary N) is 1. The van der Waals surface area contributed by atoms with Crippen molar-refractivity contribution in [3.63, 3.8) is 0 Å². The van der Waals surface area contributed by atoms with Crippen molar-refractivity contribution in [1.82, 2.24) is 15.2 Å². The van der Waals surface area contributed by atoms with Gasteiger partial charge in [-0.2, -0.15) is 0 Å². The smallest absolute Gasteiger partial charge is 0.128 e. The van der Waals surface area contributed by atoms with E-state index < -0.39 is 0 Å². The number of aromatic nitrogens is 1. The first-order chi connectivity index (χ1) is 12.1. The van der Waals surface area contributed by atoms with Crippen LogP contribution in [0.25, 0.3) is 10.8 Å². The number of anilines is 1. The largest absolute Gasteiger partial charge is 0.490 e. The van der Waals surface area contributed by atoms with E-state index in [2.05, 4.69) is 65.5 Å². The molecule has 2 heterocycles. The van der Waals surface area contributed by atoms with Crippen LogP contribution in [-0.4, -0.2) is 63.3 Å². The third-order valence-corrected chi connectivity index (χ3v) is 4.76. The van der Waals surface area contributed by atoms with Crippen molar-refractivity contribution in [3.8, 4) is 5.75 Å². The molecule has 1 saturated heterocycles. The minimum atomic E-state index is 0.328. The average Bonchev–Trinajstić information content (AvgIpc) is 2.61. The molecule has 1 aromatic carbocycles. The van der Waals surface area contributed by atoms with Crippen LogP contribution in [0.4, 0.5) is 5.82 Å². The number of hydrogen-bond acceptors (Lipinski definition) is 5. The highest BCUT2D eigenvalue weighted by atomic mass is 16.5. The van der Waals surface area contributed by atoms with Crippen LogP contribution in [0.1, 0.15) is 19.3 Å². The Morgan fingerprint density at radius 2 is 1.88 bits per heavy atom. The molecule has 0 spiro atoms. The quantitative estimate of drug-likeness (QED) is 0.838. The van der Waals surface area contributed by atoms with E-state index in [9.17, 15) is 0 Å². The van der Waals surface area contributed by atoms with Crippen LogP contribution in [0.5, 0.6) is 5.75 Å². The van der Waals surface area contributed by atoms with E-state index in [1.807, 2.05) is 6.20 Å². The highest BCUT2D eigenvalue weighted by molar-refractivity contribution is 5.85. The molecule has 136 valence electrons. The first-order valence-electron chi connectivity index (χ1n) is 9.25. The number of ether oxygens (including phenoxy) is 1. The molecule has 5 nitrogen and oxygen atoms in total. The minimum Gasteiger partial charge on any atom is -0.490 e. The lowest BCUT2D eigenvalue weighted by Gasteiger charge is -2.24. The monoisotopic (exact) mass is 342 g/mol. The van der Waals surface area contributed by atoms with Gasteiger partial charge in [0, 0.05) is 25.2 Å². The summed E-state index contributed by atoms with van der Waals surface area (Å²) >= 11 is 0. The summed E-state index contributed by atoms with van der Waals surface area (Å²) in [6, 6.07) is 8.48. The normalized spacial score (nSPS) is 15.7. The number of hydrogen-bond donors (Lipinski definition) is 1. The summed E-state index contributed by atoms with van der Waals surface area (Å²) in [5, 5.41) is 5.72. The van der Waals surface area contributed by atoms with E-state index in [0.29, 0.717) is 6.10 Å². The standard InChI is InChI=1S/C20H30N4O/c1-23(2)11-4-12-24(3)20-14-17-13-19(6-5-16(17)15-22-20)25-18-7-9-21-10-8-18/h5-6,13-15,18,21H,4,7-12H2,1-3H3. The molecular formula is C20H30N4O. The molecule has 5 heteroatoms. The Balaban J connectivity index is 1.69. The van der Waals surface area contributed by atoms with Gasteiger partial charge in [-0.15, -0.1) is 0 Å². The van der Waals surface area contributed by atoms with Gasteiger partial charge >= 0.3 is 0 Å². The molecule has 0 amide bonds. The van der Waals surface area contributed by atoms with E-state index >= 15 is 0 Å². The summed E-state index contributed by atoms with van der Waals surface area (Å²) in [5.41, 5.74) is 0. The second-order valence-electron chi connectivity index (χ2n) is 7.20. The fourth-order valence-corrected chi connectivity index (χ4v) is 3.23. The zero-order valence-electron chi connectivity index (χ0n) is 15.7. The predicted octanol–water partition coefficient (Wildman–Crippen LogP) is 2.75. The topological polar surface area (TPSA) is 40.6 Å². The molecule has 1 fully saturated rings. The average molecular weight is 342 g/mol. The van der Waals surface area contributed by atoms with Crippen LogP contribution in [0, 0.1) is 0 Å². The molecule has 0 unspecified atom stereocenters. The van der Waals surface area contributed by atoms with Crippen LogP contribution in [0.3, 0.4) is 0 Å². The molecular weight excluding hydrogens is 312 g/mol. The molecule has 1 aliphatic heterocycles. The van der Waals surface area contributed by atoms with Gasteiger partial charge in [0.15, 0.2) is 0 Å². The third-order valence-electron chi connectivity index (χ3n) is 4.76. The molecule has 25 heavy (non-hydrogen) atoms. The van der Waals surface area contributed by atoms with E-state index in [4.69, 9.17) is 4.74 Å². The number of rotatable bonds is 7. The lowest BCUT2D eigenvalue weighted by molar-refractivity contribution is 0.162.